The number of H-pyrrole nitrogens is 1. The molecule has 5 nitrogen and oxygen atoms in total. The summed E-state index contributed by atoms with van der Waals surface area (Å²) in [6, 6.07) is 5.56. The summed E-state index contributed by atoms with van der Waals surface area (Å²) in [5.74, 6) is 1.37. The van der Waals surface area contributed by atoms with Crippen molar-refractivity contribution >= 4 is 28.6 Å². The number of benzene rings is 1. The molecule has 102 valence electrons. The van der Waals surface area contributed by atoms with E-state index in [4.69, 9.17) is 11.6 Å². The lowest BCUT2D eigenvalue weighted by molar-refractivity contribution is 0.952. The number of aromatic amines is 1. The van der Waals surface area contributed by atoms with Crippen LogP contribution in [0, 0.1) is 0 Å². The lowest BCUT2D eigenvalue weighted by Gasteiger charge is -2.02. The molecule has 3 aromatic rings. The second-order valence-corrected chi connectivity index (χ2v) is 4.91. The number of rotatable bonds is 4. The first-order chi connectivity index (χ1) is 9.76. The summed E-state index contributed by atoms with van der Waals surface area (Å²) in [5.41, 5.74) is 2.62. The van der Waals surface area contributed by atoms with Crippen LogP contribution in [0.15, 0.2) is 30.6 Å². The first kappa shape index (κ1) is 12.9. The second kappa shape index (κ2) is 5.46. The molecule has 6 heteroatoms. The average molecular weight is 288 g/mol. The molecule has 2 aromatic heterocycles. The van der Waals surface area contributed by atoms with E-state index < -0.39 is 0 Å². The largest absolute Gasteiger partial charge is 0.354 e. The minimum atomic E-state index is 0.634. The SMILES string of the molecule is CCCNc1ncc(-c2nc3ccc(Cl)cc3[nH]2)cn1. The number of fused-ring (bicyclic) bond motifs is 1. The molecule has 2 N–H and O–H groups in total. The Hall–Kier alpha value is -2.14. The van der Waals surface area contributed by atoms with Gasteiger partial charge in [-0.3, -0.25) is 0 Å². The lowest BCUT2D eigenvalue weighted by atomic mass is 10.3. The van der Waals surface area contributed by atoms with Gasteiger partial charge in [-0.2, -0.15) is 0 Å². The number of halogens is 1. The van der Waals surface area contributed by atoms with E-state index in [1.165, 1.54) is 0 Å². The molecule has 0 radical (unpaired) electrons. The fourth-order valence-corrected chi connectivity index (χ4v) is 2.07. The lowest BCUT2D eigenvalue weighted by Crippen LogP contribution is -2.03. The summed E-state index contributed by atoms with van der Waals surface area (Å²) < 4.78 is 0. The van der Waals surface area contributed by atoms with Crippen LogP contribution in [0.1, 0.15) is 13.3 Å². The molecule has 0 amide bonds. The third-order valence-electron chi connectivity index (χ3n) is 2.90. The summed E-state index contributed by atoms with van der Waals surface area (Å²) in [4.78, 5) is 16.3. The van der Waals surface area contributed by atoms with Gasteiger partial charge in [-0.05, 0) is 24.6 Å². The van der Waals surface area contributed by atoms with Crippen molar-refractivity contribution in [1.82, 2.24) is 19.9 Å². The molecule has 0 aliphatic carbocycles. The first-order valence-electron chi connectivity index (χ1n) is 6.48. The Balaban J connectivity index is 1.90. The van der Waals surface area contributed by atoms with Crippen molar-refractivity contribution in [2.45, 2.75) is 13.3 Å². The van der Waals surface area contributed by atoms with Crippen molar-refractivity contribution in [2.75, 3.05) is 11.9 Å². The van der Waals surface area contributed by atoms with Crippen LogP contribution in [0.25, 0.3) is 22.4 Å². The van der Waals surface area contributed by atoms with Gasteiger partial charge in [0.05, 0.1) is 16.6 Å². The normalized spacial score (nSPS) is 10.9. The van der Waals surface area contributed by atoms with Crippen molar-refractivity contribution in [3.8, 4) is 11.4 Å². The molecule has 0 unspecified atom stereocenters. The molecular weight excluding hydrogens is 274 g/mol. The van der Waals surface area contributed by atoms with E-state index in [2.05, 4.69) is 32.2 Å². The summed E-state index contributed by atoms with van der Waals surface area (Å²) >= 11 is 5.96. The summed E-state index contributed by atoms with van der Waals surface area (Å²) in [6.45, 7) is 2.96. The molecule has 0 aliphatic heterocycles. The van der Waals surface area contributed by atoms with E-state index in [-0.39, 0.29) is 0 Å². The summed E-state index contributed by atoms with van der Waals surface area (Å²) in [5, 5.41) is 3.82. The summed E-state index contributed by atoms with van der Waals surface area (Å²) in [6.07, 6.45) is 4.55. The topological polar surface area (TPSA) is 66.5 Å². The van der Waals surface area contributed by atoms with Crippen molar-refractivity contribution in [2.24, 2.45) is 0 Å². The summed E-state index contributed by atoms with van der Waals surface area (Å²) in [7, 11) is 0. The smallest absolute Gasteiger partial charge is 0.222 e. The van der Waals surface area contributed by atoms with E-state index >= 15 is 0 Å². The maximum absolute atomic E-state index is 5.96. The van der Waals surface area contributed by atoms with Crippen LogP contribution in [0.5, 0.6) is 0 Å². The van der Waals surface area contributed by atoms with E-state index in [0.29, 0.717) is 11.0 Å². The van der Waals surface area contributed by atoms with Gasteiger partial charge in [0, 0.05) is 24.0 Å². The Kier molecular flexibility index (Phi) is 3.52. The first-order valence-corrected chi connectivity index (χ1v) is 6.85. The van der Waals surface area contributed by atoms with Gasteiger partial charge in [0.2, 0.25) is 5.95 Å². The van der Waals surface area contributed by atoms with Crippen molar-refractivity contribution in [3.05, 3.63) is 35.6 Å². The zero-order chi connectivity index (χ0) is 13.9. The van der Waals surface area contributed by atoms with Gasteiger partial charge in [0.15, 0.2) is 0 Å². The van der Waals surface area contributed by atoms with Crippen molar-refractivity contribution in [3.63, 3.8) is 0 Å². The second-order valence-electron chi connectivity index (χ2n) is 4.47. The molecular formula is C14H14ClN5. The van der Waals surface area contributed by atoms with Gasteiger partial charge in [-0.15, -0.1) is 0 Å². The highest BCUT2D eigenvalue weighted by molar-refractivity contribution is 6.31. The zero-order valence-corrected chi connectivity index (χ0v) is 11.8. The molecule has 0 saturated carbocycles. The minimum absolute atomic E-state index is 0.634. The van der Waals surface area contributed by atoms with E-state index in [1.54, 1.807) is 12.4 Å². The van der Waals surface area contributed by atoms with Crippen LogP contribution in [0.4, 0.5) is 5.95 Å². The predicted octanol–water partition coefficient (Wildman–Crippen LogP) is 3.50. The molecule has 0 aliphatic rings. The van der Waals surface area contributed by atoms with Gasteiger partial charge in [-0.25, -0.2) is 15.0 Å². The molecule has 0 bridgehead atoms. The van der Waals surface area contributed by atoms with Crippen LogP contribution in [0.3, 0.4) is 0 Å². The molecule has 0 atom stereocenters. The van der Waals surface area contributed by atoms with E-state index in [9.17, 15) is 0 Å². The van der Waals surface area contributed by atoms with Gasteiger partial charge >= 0.3 is 0 Å². The Bertz CT molecular complexity index is 720. The number of nitrogens with one attached hydrogen (secondary N) is 2. The number of nitrogens with zero attached hydrogens (tertiary/aromatic N) is 3. The standard InChI is InChI=1S/C14H14ClN5/c1-2-5-16-14-17-7-9(8-18-14)13-19-11-4-3-10(15)6-12(11)20-13/h3-4,6-8H,2,5H2,1H3,(H,19,20)(H,16,17,18). The van der Waals surface area contributed by atoms with Gasteiger partial charge in [0.25, 0.3) is 0 Å². The van der Waals surface area contributed by atoms with Crippen LogP contribution in [0.2, 0.25) is 5.02 Å². The predicted molar refractivity (Wildman–Crippen MR) is 80.9 cm³/mol. The zero-order valence-electron chi connectivity index (χ0n) is 11.0. The highest BCUT2D eigenvalue weighted by atomic mass is 35.5. The molecule has 3 rings (SSSR count). The number of imidazole rings is 1. The molecule has 0 saturated heterocycles. The number of anilines is 1. The average Bonchev–Trinajstić information content (AvgIpc) is 2.88. The van der Waals surface area contributed by atoms with Gasteiger partial charge < -0.3 is 10.3 Å². The minimum Gasteiger partial charge on any atom is -0.354 e. The van der Waals surface area contributed by atoms with E-state index in [0.717, 1.165) is 35.4 Å². The molecule has 1 aromatic carbocycles. The van der Waals surface area contributed by atoms with Crippen LogP contribution < -0.4 is 5.32 Å². The fourth-order valence-electron chi connectivity index (χ4n) is 1.90. The highest BCUT2D eigenvalue weighted by Gasteiger charge is 2.06. The quantitative estimate of drug-likeness (QED) is 0.771. The number of hydrogen-bond acceptors (Lipinski definition) is 4. The van der Waals surface area contributed by atoms with Crippen LogP contribution >= 0.6 is 11.6 Å². The molecule has 0 fully saturated rings. The molecule has 20 heavy (non-hydrogen) atoms. The van der Waals surface area contributed by atoms with Crippen LogP contribution in [-0.4, -0.2) is 26.5 Å². The Morgan fingerprint density at radius 3 is 2.80 bits per heavy atom. The third-order valence-corrected chi connectivity index (χ3v) is 3.14. The number of aromatic nitrogens is 4. The Morgan fingerprint density at radius 2 is 2.05 bits per heavy atom. The Labute approximate surface area is 121 Å². The monoisotopic (exact) mass is 287 g/mol. The maximum Gasteiger partial charge on any atom is 0.222 e. The van der Waals surface area contributed by atoms with Crippen molar-refractivity contribution in [1.29, 1.82) is 0 Å². The van der Waals surface area contributed by atoms with E-state index in [1.807, 2.05) is 18.2 Å². The van der Waals surface area contributed by atoms with Crippen LogP contribution in [-0.2, 0) is 0 Å². The maximum atomic E-state index is 5.96. The van der Waals surface area contributed by atoms with Gasteiger partial charge in [0.1, 0.15) is 5.82 Å². The molecule has 2 heterocycles. The van der Waals surface area contributed by atoms with Gasteiger partial charge in [-0.1, -0.05) is 18.5 Å². The van der Waals surface area contributed by atoms with Crippen molar-refractivity contribution < 1.29 is 0 Å². The molecule has 0 spiro atoms. The number of hydrogen-bond donors (Lipinski definition) is 2. The Morgan fingerprint density at radius 1 is 1.25 bits per heavy atom. The highest BCUT2D eigenvalue weighted by Crippen LogP contribution is 2.22. The third kappa shape index (κ3) is 2.58. The fraction of sp³-hybridized carbons (Fsp3) is 0.214.